The zero-order chi connectivity index (χ0) is 25.5. The number of carbonyl (C=O) groups is 1. The molecule has 4 unspecified atom stereocenters. The molecule has 1 aliphatic rings. The zero-order valence-corrected chi connectivity index (χ0v) is 20.8. The van der Waals surface area contributed by atoms with Gasteiger partial charge in [-0.15, -0.1) is 6.58 Å². The number of nitrogens with one attached hydrogen (secondary N) is 1. The Morgan fingerprint density at radius 3 is 2.31 bits per heavy atom. The molecule has 36 heavy (non-hydrogen) atoms. The van der Waals surface area contributed by atoms with E-state index in [1.54, 1.807) is 12.1 Å². The Kier molecular flexibility index (Phi) is 8.67. The highest BCUT2D eigenvalue weighted by atomic mass is 16.7. The second-order valence-corrected chi connectivity index (χ2v) is 9.27. The molecule has 3 aromatic rings. The first-order chi connectivity index (χ1) is 17.5. The third-order valence-corrected chi connectivity index (χ3v) is 6.53. The van der Waals surface area contributed by atoms with E-state index in [9.17, 15) is 9.90 Å². The lowest BCUT2D eigenvalue weighted by atomic mass is 9.90. The van der Waals surface area contributed by atoms with Crippen molar-refractivity contribution in [2.24, 2.45) is 5.92 Å². The van der Waals surface area contributed by atoms with Crippen molar-refractivity contribution < 1.29 is 19.4 Å². The number of carbonyl (C=O) groups excluding carboxylic acids is 1. The van der Waals surface area contributed by atoms with Gasteiger partial charge in [0.25, 0.3) is 5.91 Å². The van der Waals surface area contributed by atoms with Gasteiger partial charge in [-0.25, -0.2) is 0 Å². The Morgan fingerprint density at radius 1 is 1.00 bits per heavy atom. The number of aliphatic hydroxyl groups is 1. The summed E-state index contributed by atoms with van der Waals surface area (Å²) in [6.07, 6.45) is 1.10. The van der Waals surface area contributed by atoms with E-state index in [1.807, 2.05) is 72.8 Å². The van der Waals surface area contributed by atoms with Crippen molar-refractivity contribution in [2.75, 3.05) is 25.5 Å². The minimum atomic E-state index is -0.551. The molecule has 1 amide bonds. The van der Waals surface area contributed by atoms with Crippen LogP contribution in [0.15, 0.2) is 91.5 Å². The van der Waals surface area contributed by atoms with Crippen LogP contribution >= 0.6 is 0 Å². The average molecular weight is 487 g/mol. The van der Waals surface area contributed by atoms with Gasteiger partial charge in [0.15, 0.2) is 6.29 Å². The molecule has 0 spiro atoms. The number of nitrogens with zero attached hydrogens (tertiary/aromatic N) is 1. The summed E-state index contributed by atoms with van der Waals surface area (Å²) in [5.41, 5.74) is 4.11. The molecule has 2 N–H and O–H groups in total. The summed E-state index contributed by atoms with van der Waals surface area (Å²) in [6.45, 7) is 7.51. The third kappa shape index (κ3) is 6.28. The summed E-state index contributed by atoms with van der Waals surface area (Å²) in [7, 11) is 2.05. The molecule has 1 heterocycles. The molecule has 1 fully saturated rings. The summed E-state index contributed by atoms with van der Waals surface area (Å²) in [6, 6.07) is 24.6. The molecule has 1 aliphatic heterocycles. The zero-order valence-electron chi connectivity index (χ0n) is 20.8. The van der Waals surface area contributed by atoms with E-state index >= 15 is 0 Å². The molecular weight excluding hydrogens is 452 g/mol. The first-order valence-electron chi connectivity index (χ1n) is 12.2. The van der Waals surface area contributed by atoms with E-state index in [4.69, 9.17) is 9.47 Å². The van der Waals surface area contributed by atoms with Gasteiger partial charge in [0.2, 0.25) is 0 Å². The lowest BCUT2D eigenvalue weighted by molar-refractivity contribution is -0.275. The number of benzene rings is 3. The summed E-state index contributed by atoms with van der Waals surface area (Å²) in [4.78, 5) is 14.7. The number of aliphatic hydroxyl groups excluding tert-OH is 1. The molecule has 188 valence electrons. The predicted octanol–water partition coefficient (Wildman–Crippen LogP) is 5.34. The minimum Gasteiger partial charge on any atom is -0.392 e. The van der Waals surface area contributed by atoms with Crippen LogP contribution in [0.5, 0.6) is 0 Å². The summed E-state index contributed by atoms with van der Waals surface area (Å²) < 4.78 is 13.0. The van der Waals surface area contributed by atoms with Gasteiger partial charge in [-0.1, -0.05) is 67.6 Å². The molecule has 4 atom stereocenters. The van der Waals surface area contributed by atoms with E-state index in [0.29, 0.717) is 11.3 Å². The standard InChI is InChI=1S/C30H34N2O4/c1-4-18-32(3)19-27-21(2)28(23-12-10-22(20-33)11-13-23)36-30(35-27)25-14-16-26(17-15-25)31-29(34)24-8-6-5-7-9-24/h4-17,21,27-28,30,33H,1,18-20H2,2-3H3,(H,31,34). The summed E-state index contributed by atoms with van der Waals surface area (Å²) >= 11 is 0. The number of hydrogen-bond acceptors (Lipinski definition) is 5. The fraction of sp³-hybridized carbons (Fsp3) is 0.300. The molecule has 6 nitrogen and oxygen atoms in total. The van der Waals surface area contributed by atoms with Crippen LogP contribution in [0.25, 0.3) is 0 Å². The van der Waals surface area contributed by atoms with Gasteiger partial charge in [-0.2, -0.15) is 0 Å². The Balaban J connectivity index is 1.53. The highest BCUT2D eigenvalue weighted by Gasteiger charge is 2.38. The predicted molar refractivity (Wildman–Crippen MR) is 141 cm³/mol. The average Bonchev–Trinajstić information content (AvgIpc) is 2.91. The van der Waals surface area contributed by atoms with Crippen LogP contribution in [0, 0.1) is 5.92 Å². The molecule has 6 heteroatoms. The van der Waals surface area contributed by atoms with E-state index in [0.717, 1.165) is 29.8 Å². The van der Waals surface area contributed by atoms with Crippen molar-refractivity contribution >= 4 is 11.6 Å². The van der Waals surface area contributed by atoms with Crippen LogP contribution in [0.1, 0.15) is 46.4 Å². The largest absolute Gasteiger partial charge is 0.392 e. The van der Waals surface area contributed by atoms with Crippen LogP contribution in [0.2, 0.25) is 0 Å². The number of hydrogen-bond donors (Lipinski definition) is 2. The molecule has 0 radical (unpaired) electrons. The van der Waals surface area contributed by atoms with E-state index in [-0.39, 0.29) is 30.6 Å². The van der Waals surface area contributed by atoms with Gasteiger partial charge in [0.05, 0.1) is 18.8 Å². The number of ether oxygens (including phenoxy) is 2. The first kappa shape index (κ1) is 25.8. The molecule has 1 saturated heterocycles. The smallest absolute Gasteiger partial charge is 0.255 e. The van der Waals surface area contributed by atoms with Crippen molar-refractivity contribution in [3.63, 3.8) is 0 Å². The quantitative estimate of drug-likeness (QED) is 0.400. The van der Waals surface area contributed by atoms with Crippen LogP contribution in [0.4, 0.5) is 5.69 Å². The van der Waals surface area contributed by atoms with Gasteiger partial charge in [0, 0.05) is 35.8 Å². The summed E-state index contributed by atoms with van der Waals surface area (Å²) in [5, 5.41) is 12.4. The normalized spacial score (nSPS) is 21.8. The SMILES string of the molecule is C=CCN(C)CC1OC(c2ccc(NC(=O)c3ccccc3)cc2)OC(c2ccc(CO)cc2)C1C. The second-order valence-electron chi connectivity index (χ2n) is 9.27. The van der Waals surface area contributed by atoms with Crippen LogP contribution in [-0.4, -0.2) is 42.2 Å². The topological polar surface area (TPSA) is 71.0 Å². The highest BCUT2D eigenvalue weighted by molar-refractivity contribution is 6.04. The van der Waals surface area contributed by atoms with Gasteiger partial charge in [-0.3, -0.25) is 4.79 Å². The third-order valence-electron chi connectivity index (χ3n) is 6.53. The monoisotopic (exact) mass is 486 g/mol. The number of likely N-dealkylation sites (N-methyl/N-ethyl adjacent to an activating group) is 1. The minimum absolute atomic E-state index is 0.00915. The van der Waals surface area contributed by atoms with Gasteiger partial charge in [-0.05, 0) is 42.4 Å². The number of amides is 1. The molecule has 4 rings (SSSR count). The Labute approximate surface area is 213 Å². The Bertz CT molecular complexity index is 1130. The Hall–Kier alpha value is -3.29. The lowest BCUT2D eigenvalue weighted by Crippen LogP contribution is -2.43. The fourth-order valence-electron chi connectivity index (χ4n) is 4.45. The molecule has 0 aliphatic carbocycles. The van der Waals surface area contributed by atoms with Crippen molar-refractivity contribution in [3.05, 3.63) is 114 Å². The molecule has 0 aromatic heterocycles. The molecule has 3 aromatic carbocycles. The number of rotatable bonds is 9. The maximum absolute atomic E-state index is 12.5. The van der Waals surface area contributed by atoms with Crippen molar-refractivity contribution in [1.82, 2.24) is 4.90 Å². The van der Waals surface area contributed by atoms with Crippen LogP contribution in [-0.2, 0) is 16.1 Å². The van der Waals surface area contributed by atoms with E-state index < -0.39 is 6.29 Å². The van der Waals surface area contributed by atoms with Crippen molar-refractivity contribution in [2.45, 2.75) is 32.0 Å². The van der Waals surface area contributed by atoms with E-state index in [1.165, 1.54) is 0 Å². The van der Waals surface area contributed by atoms with E-state index in [2.05, 4.69) is 30.8 Å². The highest BCUT2D eigenvalue weighted by Crippen LogP contribution is 2.42. The molecule has 0 bridgehead atoms. The lowest BCUT2D eigenvalue weighted by Gasteiger charge is -2.42. The second kappa shape index (κ2) is 12.1. The summed E-state index contributed by atoms with van der Waals surface area (Å²) in [5.74, 6) is -0.0445. The van der Waals surface area contributed by atoms with Gasteiger partial charge < -0.3 is 24.8 Å². The first-order valence-corrected chi connectivity index (χ1v) is 12.2. The Morgan fingerprint density at radius 2 is 1.67 bits per heavy atom. The molecule has 0 saturated carbocycles. The van der Waals surface area contributed by atoms with Crippen LogP contribution in [0.3, 0.4) is 0 Å². The number of anilines is 1. The molecular formula is C30H34N2O4. The van der Waals surface area contributed by atoms with Crippen molar-refractivity contribution in [1.29, 1.82) is 0 Å². The van der Waals surface area contributed by atoms with Crippen LogP contribution < -0.4 is 5.32 Å². The maximum atomic E-state index is 12.5. The fourth-order valence-corrected chi connectivity index (χ4v) is 4.45. The maximum Gasteiger partial charge on any atom is 0.255 e. The van der Waals surface area contributed by atoms with Gasteiger partial charge in [0.1, 0.15) is 0 Å². The van der Waals surface area contributed by atoms with Gasteiger partial charge >= 0.3 is 0 Å². The van der Waals surface area contributed by atoms with Crippen molar-refractivity contribution in [3.8, 4) is 0 Å².